The van der Waals surface area contributed by atoms with Crippen LogP contribution in [0.4, 0.5) is 0 Å². The van der Waals surface area contributed by atoms with E-state index < -0.39 is 0 Å². The van der Waals surface area contributed by atoms with Crippen LogP contribution in [0.5, 0.6) is 0 Å². The van der Waals surface area contributed by atoms with E-state index in [9.17, 15) is 4.79 Å². The predicted molar refractivity (Wildman–Crippen MR) is 78.3 cm³/mol. The molecule has 19 heavy (non-hydrogen) atoms. The Balaban J connectivity index is 2.25. The van der Waals surface area contributed by atoms with Gasteiger partial charge in [0.05, 0.1) is 6.42 Å². The topological polar surface area (TPSA) is 49.3 Å². The highest BCUT2D eigenvalue weighted by atomic mass is 35.5. The quantitative estimate of drug-likeness (QED) is 0.756. The van der Waals surface area contributed by atoms with Gasteiger partial charge in [-0.2, -0.15) is 0 Å². The minimum atomic E-state index is -0.0717. The second-order valence-corrected chi connectivity index (χ2v) is 6.02. The Hall–Kier alpha value is -1.06. The van der Waals surface area contributed by atoms with Crippen molar-refractivity contribution >= 4 is 17.5 Å². The summed E-state index contributed by atoms with van der Waals surface area (Å²) in [5, 5.41) is 12.7. The number of halogens is 1. The van der Waals surface area contributed by atoms with Crippen molar-refractivity contribution in [2.75, 3.05) is 13.2 Å². The standard InChI is InChI=1S/C15H22ClNO2/c1-15(2,11-18)7-4-8-17-14(19)10-12-5-3-6-13(16)9-12/h3,5-6,9,18H,4,7-8,10-11H2,1-2H3,(H,17,19). The maximum atomic E-state index is 11.7. The fourth-order valence-electron chi connectivity index (χ4n) is 1.77. The van der Waals surface area contributed by atoms with Gasteiger partial charge in [-0.05, 0) is 36.0 Å². The van der Waals surface area contributed by atoms with Crippen LogP contribution in [0.15, 0.2) is 24.3 Å². The summed E-state index contributed by atoms with van der Waals surface area (Å²) in [6.45, 7) is 4.84. The zero-order valence-electron chi connectivity index (χ0n) is 11.6. The molecule has 1 aromatic carbocycles. The highest BCUT2D eigenvalue weighted by molar-refractivity contribution is 6.30. The Morgan fingerprint density at radius 3 is 2.79 bits per heavy atom. The van der Waals surface area contributed by atoms with Crippen LogP contribution in [0.1, 0.15) is 32.3 Å². The lowest BCUT2D eigenvalue weighted by atomic mass is 9.89. The minimum absolute atomic E-state index is 0.00377. The van der Waals surface area contributed by atoms with Gasteiger partial charge >= 0.3 is 0 Å². The maximum absolute atomic E-state index is 11.7. The lowest BCUT2D eigenvalue weighted by Crippen LogP contribution is -2.27. The lowest BCUT2D eigenvalue weighted by Gasteiger charge is -2.21. The van der Waals surface area contributed by atoms with Crippen molar-refractivity contribution < 1.29 is 9.90 Å². The van der Waals surface area contributed by atoms with Gasteiger partial charge < -0.3 is 10.4 Å². The molecule has 2 N–H and O–H groups in total. The van der Waals surface area contributed by atoms with E-state index in [0.29, 0.717) is 18.0 Å². The summed E-state index contributed by atoms with van der Waals surface area (Å²) in [5.41, 5.74) is 0.846. The van der Waals surface area contributed by atoms with Crippen molar-refractivity contribution in [3.63, 3.8) is 0 Å². The molecule has 0 saturated carbocycles. The van der Waals surface area contributed by atoms with Gasteiger partial charge in [0.1, 0.15) is 0 Å². The second kappa shape index (κ2) is 7.51. The average molecular weight is 284 g/mol. The summed E-state index contributed by atoms with van der Waals surface area (Å²) in [4.78, 5) is 11.7. The van der Waals surface area contributed by atoms with Gasteiger partial charge in [-0.3, -0.25) is 4.79 Å². The largest absolute Gasteiger partial charge is 0.396 e. The first-order valence-electron chi connectivity index (χ1n) is 6.55. The van der Waals surface area contributed by atoms with Crippen LogP contribution in [0.2, 0.25) is 5.02 Å². The molecule has 0 bridgehead atoms. The summed E-state index contributed by atoms with van der Waals surface area (Å²) in [6.07, 6.45) is 2.11. The van der Waals surface area contributed by atoms with Crippen LogP contribution in [-0.4, -0.2) is 24.2 Å². The Morgan fingerprint density at radius 2 is 2.16 bits per heavy atom. The number of hydrogen-bond acceptors (Lipinski definition) is 2. The van der Waals surface area contributed by atoms with Gasteiger partial charge in [0.2, 0.25) is 5.91 Å². The Morgan fingerprint density at radius 1 is 1.42 bits per heavy atom. The molecule has 0 aliphatic carbocycles. The molecule has 106 valence electrons. The van der Waals surface area contributed by atoms with E-state index in [0.717, 1.165) is 18.4 Å². The third-order valence-electron chi connectivity index (χ3n) is 3.03. The molecule has 0 heterocycles. The fraction of sp³-hybridized carbons (Fsp3) is 0.533. The van der Waals surface area contributed by atoms with E-state index in [2.05, 4.69) is 5.32 Å². The Kier molecular flexibility index (Phi) is 6.32. The zero-order valence-corrected chi connectivity index (χ0v) is 12.3. The summed E-state index contributed by atoms with van der Waals surface area (Å²) in [7, 11) is 0. The van der Waals surface area contributed by atoms with Crippen LogP contribution < -0.4 is 5.32 Å². The van der Waals surface area contributed by atoms with Crippen LogP contribution in [0.3, 0.4) is 0 Å². The SMILES string of the molecule is CC(C)(CO)CCCNC(=O)Cc1cccc(Cl)c1. The number of amides is 1. The molecule has 1 rings (SSSR count). The average Bonchev–Trinajstić information content (AvgIpc) is 2.35. The molecule has 0 aliphatic heterocycles. The zero-order chi connectivity index (χ0) is 14.3. The number of aliphatic hydroxyl groups is 1. The van der Waals surface area contributed by atoms with Crippen molar-refractivity contribution in [1.29, 1.82) is 0 Å². The monoisotopic (exact) mass is 283 g/mol. The highest BCUT2D eigenvalue weighted by Crippen LogP contribution is 2.20. The number of carbonyl (C=O) groups is 1. The number of carbonyl (C=O) groups excluding carboxylic acids is 1. The van der Waals surface area contributed by atoms with E-state index >= 15 is 0 Å². The van der Waals surface area contributed by atoms with Gasteiger partial charge in [0.25, 0.3) is 0 Å². The molecule has 4 heteroatoms. The highest BCUT2D eigenvalue weighted by Gasteiger charge is 2.15. The molecule has 3 nitrogen and oxygen atoms in total. The van der Waals surface area contributed by atoms with E-state index in [-0.39, 0.29) is 17.9 Å². The van der Waals surface area contributed by atoms with Crippen LogP contribution >= 0.6 is 11.6 Å². The normalized spacial score (nSPS) is 11.4. The Labute approximate surface area is 120 Å². The van der Waals surface area contributed by atoms with E-state index in [4.69, 9.17) is 16.7 Å². The summed E-state index contributed by atoms with van der Waals surface area (Å²) >= 11 is 5.87. The van der Waals surface area contributed by atoms with E-state index in [1.807, 2.05) is 26.0 Å². The molecule has 0 spiro atoms. The second-order valence-electron chi connectivity index (χ2n) is 5.58. The summed E-state index contributed by atoms with van der Waals surface area (Å²) < 4.78 is 0. The van der Waals surface area contributed by atoms with Gasteiger partial charge in [-0.1, -0.05) is 37.6 Å². The van der Waals surface area contributed by atoms with Gasteiger partial charge in [-0.25, -0.2) is 0 Å². The molecule has 0 radical (unpaired) electrons. The predicted octanol–water partition coefficient (Wildman–Crippen LogP) is 2.80. The molecule has 1 amide bonds. The number of rotatable bonds is 7. The van der Waals surface area contributed by atoms with Crippen molar-refractivity contribution in [1.82, 2.24) is 5.32 Å². The van der Waals surface area contributed by atoms with Crippen molar-refractivity contribution in [3.05, 3.63) is 34.9 Å². The first-order valence-corrected chi connectivity index (χ1v) is 6.93. The van der Waals surface area contributed by atoms with Crippen molar-refractivity contribution in [2.24, 2.45) is 5.41 Å². The first-order chi connectivity index (χ1) is 8.93. The van der Waals surface area contributed by atoms with Crippen molar-refractivity contribution in [3.8, 4) is 0 Å². The molecule has 0 aliphatic rings. The first kappa shape index (κ1) is 16.0. The van der Waals surface area contributed by atoms with Gasteiger partial charge in [0.15, 0.2) is 0 Å². The molecule has 0 aromatic heterocycles. The van der Waals surface area contributed by atoms with Crippen molar-refractivity contribution in [2.45, 2.75) is 33.1 Å². The number of nitrogens with one attached hydrogen (secondary N) is 1. The molecule has 1 aromatic rings. The maximum Gasteiger partial charge on any atom is 0.224 e. The number of benzene rings is 1. The molecule has 0 saturated heterocycles. The molecule has 0 unspecified atom stereocenters. The molecular formula is C15H22ClNO2. The smallest absolute Gasteiger partial charge is 0.224 e. The Bertz CT molecular complexity index is 418. The van der Waals surface area contributed by atoms with Crippen LogP contribution in [-0.2, 0) is 11.2 Å². The van der Waals surface area contributed by atoms with E-state index in [1.54, 1.807) is 12.1 Å². The third kappa shape index (κ3) is 6.60. The fourth-order valence-corrected chi connectivity index (χ4v) is 1.98. The molecule has 0 fully saturated rings. The molecular weight excluding hydrogens is 262 g/mol. The summed E-state index contributed by atoms with van der Waals surface area (Å²) in [6, 6.07) is 7.32. The van der Waals surface area contributed by atoms with Gasteiger partial charge in [-0.15, -0.1) is 0 Å². The third-order valence-corrected chi connectivity index (χ3v) is 3.27. The number of aliphatic hydroxyl groups excluding tert-OH is 1. The van der Waals surface area contributed by atoms with E-state index in [1.165, 1.54) is 0 Å². The number of hydrogen-bond donors (Lipinski definition) is 2. The van der Waals surface area contributed by atoms with Crippen LogP contribution in [0.25, 0.3) is 0 Å². The minimum Gasteiger partial charge on any atom is -0.396 e. The molecule has 0 atom stereocenters. The lowest BCUT2D eigenvalue weighted by molar-refractivity contribution is -0.120. The van der Waals surface area contributed by atoms with Gasteiger partial charge in [0, 0.05) is 18.2 Å². The summed E-state index contributed by atoms with van der Waals surface area (Å²) in [5.74, 6) is 0.00377. The van der Waals surface area contributed by atoms with Crippen LogP contribution in [0, 0.1) is 5.41 Å².